The zero-order valence-corrected chi connectivity index (χ0v) is 17.0. The molecule has 0 atom stereocenters. The van der Waals surface area contributed by atoms with E-state index in [1.165, 1.54) is 16.8 Å². The van der Waals surface area contributed by atoms with Crippen molar-refractivity contribution in [3.05, 3.63) is 95.9 Å². The summed E-state index contributed by atoms with van der Waals surface area (Å²) in [4.78, 5) is 12.6. The van der Waals surface area contributed by atoms with E-state index in [0.29, 0.717) is 21.9 Å². The monoisotopic (exact) mass is 431 g/mol. The lowest BCUT2D eigenvalue weighted by atomic mass is 10.1. The van der Waals surface area contributed by atoms with Gasteiger partial charge in [0.25, 0.3) is 15.9 Å². The van der Waals surface area contributed by atoms with E-state index in [1.54, 1.807) is 48.5 Å². The molecule has 1 N–H and O–H groups in total. The Kier molecular flexibility index (Phi) is 4.56. The highest BCUT2D eigenvalue weighted by Crippen LogP contribution is 2.42. The number of benzene rings is 3. The van der Waals surface area contributed by atoms with E-state index in [0.717, 1.165) is 16.3 Å². The summed E-state index contributed by atoms with van der Waals surface area (Å²) in [6.07, 6.45) is 2.92. The summed E-state index contributed by atoms with van der Waals surface area (Å²) in [7, 11) is -3.63. The Balaban J connectivity index is 1.34. The van der Waals surface area contributed by atoms with E-state index in [1.807, 2.05) is 24.3 Å². The van der Waals surface area contributed by atoms with Gasteiger partial charge >= 0.3 is 0 Å². The van der Waals surface area contributed by atoms with E-state index < -0.39 is 10.0 Å². The number of nitrogens with zero attached hydrogens (tertiary/aromatic N) is 2. The maximum atomic E-state index is 13.1. The maximum absolute atomic E-state index is 13.1. The molecule has 8 heteroatoms. The van der Waals surface area contributed by atoms with E-state index in [4.69, 9.17) is 4.42 Å². The Morgan fingerprint density at radius 2 is 1.77 bits per heavy atom. The van der Waals surface area contributed by atoms with Gasteiger partial charge in [0.1, 0.15) is 5.76 Å². The molecule has 1 amide bonds. The topological polar surface area (TPSA) is 92.0 Å². The second kappa shape index (κ2) is 7.41. The van der Waals surface area contributed by atoms with Crippen LogP contribution in [0.1, 0.15) is 21.7 Å². The van der Waals surface area contributed by atoms with Crippen LogP contribution in [0.2, 0.25) is 0 Å². The van der Waals surface area contributed by atoms with Crippen molar-refractivity contribution >= 4 is 38.6 Å². The maximum Gasteiger partial charge on any atom is 0.271 e. The minimum Gasteiger partial charge on any atom is -0.463 e. The number of amides is 1. The first-order valence-electron chi connectivity index (χ1n) is 9.54. The zero-order valence-electron chi connectivity index (χ0n) is 16.2. The lowest BCUT2D eigenvalue weighted by Crippen LogP contribution is -2.26. The molecule has 0 unspecified atom stereocenters. The van der Waals surface area contributed by atoms with Gasteiger partial charge < -0.3 is 4.42 Å². The molecular formula is C23H17N3O4S. The van der Waals surface area contributed by atoms with Crippen molar-refractivity contribution < 1.29 is 17.6 Å². The van der Waals surface area contributed by atoms with Crippen LogP contribution in [0, 0.1) is 0 Å². The SMILES string of the molecule is O=C(NN=Cc1ccco1)c1ccc(CN2c3cccc4cccc(c34)S2(=O)=O)cc1. The van der Waals surface area contributed by atoms with Gasteiger partial charge in [0.2, 0.25) is 0 Å². The minimum atomic E-state index is -3.63. The molecule has 0 saturated heterocycles. The normalized spacial score (nSPS) is 14.4. The van der Waals surface area contributed by atoms with E-state index in [-0.39, 0.29) is 12.5 Å². The molecule has 1 aromatic heterocycles. The fourth-order valence-corrected chi connectivity index (χ4v) is 5.34. The first-order chi connectivity index (χ1) is 15.0. The third-order valence-corrected chi connectivity index (χ3v) is 6.93. The molecule has 0 fully saturated rings. The van der Waals surface area contributed by atoms with Gasteiger partial charge in [-0.2, -0.15) is 5.10 Å². The van der Waals surface area contributed by atoms with Crippen molar-refractivity contribution in [1.29, 1.82) is 0 Å². The van der Waals surface area contributed by atoms with Crippen LogP contribution in [0.5, 0.6) is 0 Å². The summed E-state index contributed by atoms with van der Waals surface area (Å²) < 4.78 is 32.7. The third kappa shape index (κ3) is 3.36. The molecule has 7 nitrogen and oxygen atoms in total. The van der Waals surface area contributed by atoms with Crippen molar-refractivity contribution in [3.63, 3.8) is 0 Å². The molecule has 3 aromatic carbocycles. The Bertz CT molecular complexity index is 1400. The number of hydrogen-bond acceptors (Lipinski definition) is 5. The summed E-state index contributed by atoms with van der Waals surface area (Å²) in [5, 5.41) is 5.49. The molecule has 0 bridgehead atoms. The van der Waals surface area contributed by atoms with Gasteiger partial charge in [-0.1, -0.05) is 36.4 Å². The second-order valence-corrected chi connectivity index (χ2v) is 8.89. The van der Waals surface area contributed by atoms with E-state index in [2.05, 4.69) is 10.5 Å². The molecule has 1 aliphatic rings. The number of anilines is 1. The average molecular weight is 431 g/mol. The van der Waals surface area contributed by atoms with Crippen LogP contribution < -0.4 is 9.73 Å². The minimum absolute atomic E-state index is 0.175. The largest absolute Gasteiger partial charge is 0.463 e. The Morgan fingerprint density at radius 1 is 1.00 bits per heavy atom. The number of carbonyl (C=O) groups excluding carboxylic acids is 1. The summed E-state index contributed by atoms with van der Waals surface area (Å²) >= 11 is 0. The standard InChI is InChI=1S/C23H17N3O4S/c27-23(25-24-14-19-6-3-13-30-19)18-11-9-16(10-12-18)15-26-20-7-1-4-17-5-2-8-21(22(17)20)31(26,28)29/h1-14H,15H2,(H,25,27). The average Bonchev–Trinajstić information content (AvgIpc) is 3.37. The number of furan rings is 1. The number of nitrogens with one attached hydrogen (secondary N) is 1. The van der Waals surface area contributed by atoms with E-state index >= 15 is 0 Å². The summed E-state index contributed by atoms with van der Waals surface area (Å²) in [6.45, 7) is 0.175. The van der Waals surface area contributed by atoms with Crippen LogP contribution >= 0.6 is 0 Å². The Morgan fingerprint density at radius 3 is 2.52 bits per heavy atom. The third-order valence-electron chi connectivity index (χ3n) is 5.12. The highest BCUT2D eigenvalue weighted by Gasteiger charge is 2.35. The first-order valence-corrected chi connectivity index (χ1v) is 11.0. The molecule has 1 aliphatic heterocycles. The van der Waals surface area contributed by atoms with Crippen LogP contribution in [0.3, 0.4) is 0 Å². The van der Waals surface area contributed by atoms with Crippen molar-refractivity contribution in [3.8, 4) is 0 Å². The Hall–Kier alpha value is -3.91. The van der Waals surface area contributed by atoms with Gasteiger partial charge in [0.15, 0.2) is 0 Å². The lowest BCUT2D eigenvalue weighted by molar-refractivity contribution is 0.0955. The molecule has 0 spiro atoms. The van der Waals surface area contributed by atoms with Crippen LogP contribution in [0.15, 0.2) is 93.5 Å². The molecule has 31 heavy (non-hydrogen) atoms. The number of rotatable bonds is 5. The molecule has 154 valence electrons. The van der Waals surface area contributed by atoms with Crippen molar-refractivity contribution in [2.24, 2.45) is 5.10 Å². The smallest absolute Gasteiger partial charge is 0.271 e. The van der Waals surface area contributed by atoms with Crippen molar-refractivity contribution in [2.75, 3.05) is 4.31 Å². The number of carbonyl (C=O) groups is 1. The van der Waals surface area contributed by atoms with Gasteiger partial charge in [-0.05, 0) is 47.3 Å². The van der Waals surface area contributed by atoms with Crippen LogP contribution in [0.4, 0.5) is 5.69 Å². The number of hydrogen-bond donors (Lipinski definition) is 1. The lowest BCUT2D eigenvalue weighted by Gasteiger charge is -2.19. The highest BCUT2D eigenvalue weighted by molar-refractivity contribution is 7.93. The highest BCUT2D eigenvalue weighted by atomic mass is 32.2. The van der Waals surface area contributed by atoms with Gasteiger partial charge in [0.05, 0.1) is 29.6 Å². The summed E-state index contributed by atoms with van der Waals surface area (Å²) in [5.74, 6) is 0.152. The fraction of sp³-hybridized carbons (Fsp3) is 0.0435. The molecule has 0 aliphatic carbocycles. The number of sulfonamides is 1. The Labute approximate surface area is 178 Å². The fourth-order valence-electron chi connectivity index (χ4n) is 3.64. The predicted molar refractivity (Wildman–Crippen MR) is 118 cm³/mol. The summed E-state index contributed by atoms with van der Waals surface area (Å²) in [6, 6.07) is 21.1. The number of hydrazone groups is 1. The van der Waals surface area contributed by atoms with Gasteiger partial charge in [-0.3, -0.25) is 9.10 Å². The second-order valence-electron chi connectivity index (χ2n) is 7.05. The zero-order chi connectivity index (χ0) is 21.4. The van der Waals surface area contributed by atoms with Gasteiger partial charge in [-0.25, -0.2) is 13.8 Å². The van der Waals surface area contributed by atoms with Crippen LogP contribution in [-0.4, -0.2) is 20.5 Å². The molecule has 2 heterocycles. The van der Waals surface area contributed by atoms with Crippen LogP contribution in [0.25, 0.3) is 10.8 Å². The quantitative estimate of drug-likeness (QED) is 0.383. The molecule has 5 rings (SSSR count). The predicted octanol–water partition coefficient (Wildman–Crippen LogP) is 3.91. The van der Waals surface area contributed by atoms with Crippen molar-refractivity contribution in [1.82, 2.24) is 5.43 Å². The first kappa shape index (κ1) is 19.1. The van der Waals surface area contributed by atoms with Crippen molar-refractivity contribution in [2.45, 2.75) is 11.4 Å². The van der Waals surface area contributed by atoms with Gasteiger partial charge in [-0.15, -0.1) is 0 Å². The molecular weight excluding hydrogens is 414 g/mol. The van der Waals surface area contributed by atoms with Crippen LogP contribution in [-0.2, 0) is 16.6 Å². The summed E-state index contributed by atoms with van der Waals surface area (Å²) in [5.41, 5.74) is 4.28. The molecule has 4 aromatic rings. The van der Waals surface area contributed by atoms with E-state index in [9.17, 15) is 13.2 Å². The molecule has 0 saturated carbocycles. The molecule has 0 radical (unpaired) electrons. The van der Waals surface area contributed by atoms with Gasteiger partial charge in [0, 0.05) is 10.9 Å².